The summed E-state index contributed by atoms with van der Waals surface area (Å²) in [4.78, 5) is 50.3. The number of para-hydroxylation sites is 2. The predicted octanol–water partition coefficient (Wildman–Crippen LogP) is 3.64. The third kappa shape index (κ3) is 11.5. The summed E-state index contributed by atoms with van der Waals surface area (Å²) in [6.45, 7) is 7.40. The number of fused-ring (bicyclic) bond motifs is 1. The number of nitrogens with zero attached hydrogens (tertiary/aromatic N) is 1. The molecule has 0 fully saturated rings. The van der Waals surface area contributed by atoms with Crippen LogP contribution in [0.25, 0.3) is 0 Å². The van der Waals surface area contributed by atoms with Gasteiger partial charge in [-0.15, -0.1) is 0 Å². The summed E-state index contributed by atoms with van der Waals surface area (Å²) in [6, 6.07) is 5.12. The van der Waals surface area contributed by atoms with Gasteiger partial charge in [-0.2, -0.15) is 0 Å². The Hall–Kier alpha value is -3.34. The zero-order valence-electron chi connectivity index (χ0n) is 23.5. The lowest BCUT2D eigenvalue weighted by atomic mass is 10.0. The molecule has 0 bridgehead atoms. The number of ether oxygens (including phenoxy) is 3. The molecular weight excluding hydrogens is 506 g/mol. The molecule has 2 amide bonds. The lowest BCUT2D eigenvalue weighted by molar-refractivity contribution is -0.146. The lowest BCUT2D eigenvalue weighted by Crippen LogP contribution is -2.54. The van der Waals surface area contributed by atoms with E-state index in [-0.39, 0.29) is 13.2 Å². The van der Waals surface area contributed by atoms with Crippen molar-refractivity contribution in [3.8, 4) is 5.75 Å². The Kier molecular flexibility index (Phi) is 13.0. The molecule has 0 unspecified atom stereocenters. The summed E-state index contributed by atoms with van der Waals surface area (Å²) in [7, 11) is 0. The van der Waals surface area contributed by atoms with Gasteiger partial charge in [0.05, 0.1) is 12.3 Å². The quantitative estimate of drug-likeness (QED) is 0.221. The molecule has 11 heteroatoms. The third-order valence-corrected chi connectivity index (χ3v) is 5.98. The number of alkyl carbamates (subject to hydrolysis) is 1. The molecule has 1 aliphatic rings. The highest BCUT2D eigenvalue weighted by molar-refractivity contribution is 6.02. The van der Waals surface area contributed by atoms with Crippen molar-refractivity contribution in [2.45, 2.75) is 90.3 Å². The molecule has 1 heterocycles. The first-order valence-corrected chi connectivity index (χ1v) is 13.7. The third-order valence-electron chi connectivity index (χ3n) is 5.98. The Morgan fingerprint density at radius 3 is 2.44 bits per heavy atom. The van der Waals surface area contributed by atoms with Crippen LogP contribution in [0.15, 0.2) is 24.3 Å². The molecule has 0 saturated heterocycles. The van der Waals surface area contributed by atoms with E-state index in [4.69, 9.17) is 14.2 Å². The smallest absolute Gasteiger partial charge is 0.407 e. The zero-order valence-corrected chi connectivity index (χ0v) is 23.5. The number of benzene rings is 1. The Morgan fingerprint density at radius 1 is 1.10 bits per heavy atom. The number of aliphatic carboxylic acids is 1. The van der Waals surface area contributed by atoms with Gasteiger partial charge >= 0.3 is 18.0 Å². The Balaban J connectivity index is 1.83. The van der Waals surface area contributed by atoms with Crippen LogP contribution in [-0.2, 0) is 23.9 Å². The minimum atomic E-state index is -1.15. The molecule has 0 saturated carbocycles. The van der Waals surface area contributed by atoms with Crippen molar-refractivity contribution in [3.05, 3.63) is 24.3 Å². The highest BCUT2D eigenvalue weighted by atomic mass is 16.6. The van der Waals surface area contributed by atoms with Crippen LogP contribution in [0.1, 0.15) is 72.6 Å². The van der Waals surface area contributed by atoms with Crippen LogP contribution in [0.2, 0.25) is 0 Å². The molecule has 0 aromatic heterocycles. The van der Waals surface area contributed by atoms with Gasteiger partial charge in [-0.1, -0.05) is 44.2 Å². The number of anilines is 1. The Labute approximate surface area is 230 Å². The number of hydrogen-bond acceptors (Lipinski definition) is 8. The number of hydrogen-bond donors (Lipinski definition) is 3. The van der Waals surface area contributed by atoms with Crippen LogP contribution in [0.4, 0.5) is 10.5 Å². The number of carbonyl (C=O) groups excluding carboxylic acids is 3. The van der Waals surface area contributed by atoms with E-state index in [0.29, 0.717) is 24.4 Å². The Bertz CT molecular complexity index is 962. The van der Waals surface area contributed by atoms with Crippen molar-refractivity contribution >= 4 is 29.6 Å². The highest BCUT2D eigenvalue weighted by Crippen LogP contribution is 2.31. The maximum atomic E-state index is 13.3. The Morgan fingerprint density at radius 2 is 1.77 bits per heavy atom. The number of unbranched alkanes of at least 4 members (excludes halogenated alkanes) is 5. The van der Waals surface area contributed by atoms with Gasteiger partial charge in [-0.3, -0.25) is 24.6 Å². The lowest BCUT2D eigenvalue weighted by Gasteiger charge is -2.26. The van der Waals surface area contributed by atoms with Crippen molar-refractivity contribution in [2.24, 2.45) is 0 Å². The van der Waals surface area contributed by atoms with E-state index in [1.165, 1.54) is 4.90 Å². The van der Waals surface area contributed by atoms with Crippen LogP contribution in [0.3, 0.4) is 0 Å². The molecule has 11 nitrogen and oxygen atoms in total. The van der Waals surface area contributed by atoms with E-state index in [0.717, 1.165) is 38.5 Å². The fraction of sp³-hybridized carbons (Fsp3) is 0.643. The van der Waals surface area contributed by atoms with Crippen LogP contribution in [0.5, 0.6) is 5.75 Å². The van der Waals surface area contributed by atoms with E-state index in [2.05, 4.69) is 10.6 Å². The molecule has 39 heavy (non-hydrogen) atoms. The number of nitrogens with one attached hydrogen (secondary N) is 2. The topological polar surface area (TPSA) is 144 Å². The highest BCUT2D eigenvalue weighted by Gasteiger charge is 2.35. The fourth-order valence-electron chi connectivity index (χ4n) is 4.21. The summed E-state index contributed by atoms with van der Waals surface area (Å²) >= 11 is 0. The maximum Gasteiger partial charge on any atom is 0.407 e. The van der Waals surface area contributed by atoms with Gasteiger partial charge in [0.25, 0.3) is 0 Å². The average Bonchev–Trinajstić information content (AvgIpc) is 2.98. The average molecular weight is 550 g/mol. The molecule has 2 atom stereocenters. The van der Waals surface area contributed by atoms with Gasteiger partial charge in [0, 0.05) is 6.54 Å². The first-order valence-electron chi connectivity index (χ1n) is 13.7. The molecule has 218 valence electrons. The van der Waals surface area contributed by atoms with Crippen LogP contribution >= 0.6 is 0 Å². The number of amides is 2. The van der Waals surface area contributed by atoms with Crippen molar-refractivity contribution in [1.29, 1.82) is 0 Å². The summed E-state index contributed by atoms with van der Waals surface area (Å²) in [5.41, 5.74) is -0.136. The number of rotatable bonds is 15. The predicted molar refractivity (Wildman–Crippen MR) is 146 cm³/mol. The number of carboxylic acids is 1. The van der Waals surface area contributed by atoms with E-state index in [1.54, 1.807) is 31.2 Å². The number of esters is 1. The summed E-state index contributed by atoms with van der Waals surface area (Å²) in [5.74, 6) is -1.67. The maximum absolute atomic E-state index is 13.3. The van der Waals surface area contributed by atoms with Crippen LogP contribution < -0.4 is 20.3 Å². The second-order valence-electron chi connectivity index (χ2n) is 10.5. The van der Waals surface area contributed by atoms with Crippen molar-refractivity contribution in [3.63, 3.8) is 0 Å². The van der Waals surface area contributed by atoms with Crippen molar-refractivity contribution in [1.82, 2.24) is 10.6 Å². The summed E-state index contributed by atoms with van der Waals surface area (Å²) < 4.78 is 16.3. The summed E-state index contributed by atoms with van der Waals surface area (Å²) in [5, 5.41) is 15.2. The fourth-order valence-corrected chi connectivity index (χ4v) is 4.21. The van der Waals surface area contributed by atoms with Gasteiger partial charge in [0.2, 0.25) is 5.91 Å². The number of carboxylic acid groups (broad SMARTS) is 1. The molecule has 3 N–H and O–H groups in total. The van der Waals surface area contributed by atoms with Crippen LogP contribution in [0, 0.1) is 0 Å². The van der Waals surface area contributed by atoms with Gasteiger partial charge < -0.3 is 24.6 Å². The minimum absolute atomic E-state index is 0.0425. The first kappa shape index (κ1) is 31.9. The monoisotopic (exact) mass is 549 g/mol. The normalized spacial score (nSPS) is 15.9. The largest absolute Gasteiger partial charge is 0.489 e. The molecule has 0 spiro atoms. The standard InChI is InChI=1S/C28H43N3O8/c1-5-37-26(35)20(14-10-8-6-7-9-13-17-29-27(36)39-28(2,3)4)30-21-19-38-23-16-12-11-15-22(23)31(25(21)34)18-24(32)33/h11-12,15-16,20-21,30H,5-10,13-14,17-19H2,1-4H3,(H,29,36)(H,32,33)/t20-,21-/m0/s1. The molecule has 1 aliphatic heterocycles. The second kappa shape index (κ2) is 15.9. The van der Waals surface area contributed by atoms with E-state index < -0.39 is 48.2 Å². The van der Waals surface area contributed by atoms with Gasteiger partial charge in [-0.05, 0) is 52.7 Å². The van der Waals surface area contributed by atoms with E-state index >= 15 is 0 Å². The van der Waals surface area contributed by atoms with Gasteiger partial charge in [0.15, 0.2) is 0 Å². The molecule has 0 aliphatic carbocycles. The van der Waals surface area contributed by atoms with E-state index in [9.17, 15) is 24.3 Å². The second-order valence-corrected chi connectivity index (χ2v) is 10.5. The van der Waals surface area contributed by atoms with Crippen LogP contribution in [-0.4, -0.2) is 73.0 Å². The zero-order chi connectivity index (χ0) is 28.8. The number of carbonyl (C=O) groups is 4. The van der Waals surface area contributed by atoms with Gasteiger partial charge in [-0.25, -0.2) is 4.79 Å². The molecule has 1 aromatic carbocycles. The molecular formula is C28H43N3O8. The minimum Gasteiger partial charge on any atom is -0.489 e. The first-order chi connectivity index (χ1) is 18.5. The SMILES string of the molecule is CCOC(=O)[C@H](CCCCCCCCNC(=O)OC(C)(C)C)N[C@H]1COc2ccccc2N(CC(=O)O)C1=O. The van der Waals surface area contributed by atoms with Crippen molar-refractivity contribution < 1.29 is 38.5 Å². The molecule has 1 aromatic rings. The molecule has 2 rings (SSSR count). The van der Waals surface area contributed by atoms with E-state index in [1.807, 2.05) is 20.8 Å². The van der Waals surface area contributed by atoms with Crippen molar-refractivity contribution in [2.75, 3.05) is 31.2 Å². The van der Waals surface area contributed by atoms with Gasteiger partial charge in [0.1, 0.15) is 36.6 Å². The molecule has 0 radical (unpaired) electrons. The summed E-state index contributed by atoms with van der Waals surface area (Å²) in [6.07, 6.45) is 5.46.